The van der Waals surface area contributed by atoms with Crippen LogP contribution < -0.4 is 16.4 Å². The number of nitrogens with two attached hydrogens (primary N) is 1. The molecule has 20 heteroatoms. The van der Waals surface area contributed by atoms with Crippen molar-refractivity contribution in [3.63, 3.8) is 0 Å². The molecule has 1 unspecified atom stereocenters. The van der Waals surface area contributed by atoms with Gasteiger partial charge in [0.2, 0.25) is 11.8 Å². The van der Waals surface area contributed by atoms with E-state index in [0.29, 0.717) is 135 Å². The number of hydrogen-bond donors (Lipinski definition) is 3. The van der Waals surface area contributed by atoms with Gasteiger partial charge < -0.3 is 53.8 Å². The van der Waals surface area contributed by atoms with E-state index in [1.54, 1.807) is 28.9 Å². The number of carbonyl (C=O) groups excluding carboxylic acids is 5. The van der Waals surface area contributed by atoms with E-state index in [0.717, 1.165) is 48.4 Å². The standard InChI is InChI=1S/C50H65N7O13/c51-47(59)41-7-1-4-38-35-56(54-46(38)41)39-11-9-36(10-12-39)37-5-3-16-55(34-37)17-19-64-21-23-66-25-27-68-29-31-70-33-32-69-30-28-67-26-24-65-22-20-63-18-15-52-42-8-2-6-40-45(42)50(62)57(49(40)61)43-13-14-44(58)53-48(43)60/h1-2,4,6-12,35,37,43,52H,3,5,13-34H2,(H2,51,59)(H,53,58,60)/t37-,43?/m1/s1. The Bertz CT molecular complexity index is 2340. The van der Waals surface area contributed by atoms with Crippen LogP contribution in [0.5, 0.6) is 0 Å². The van der Waals surface area contributed by atoms with E-state index >= 15 is 0 Å². The van der Waals surface area contributed by atoms with E-state index < -0.39 is 35.6 Å². The van der Waals surface area contributed by atoms with E-state index in [1.165, 1.54) is 5.56 Å². The van der Waals surface area contributed by atoms with Crippen LogP contribution in [0, 0.1) is 0 Å². The highest BCUT2D eigenvalue weighted by Gasteiger charge is 2.45. The molecule has 0 saturated carbocycles. The van der Waals surface area contributed by atoms with Gasteiger partial charge in [0.1, 0.15) is 11.6 Å². The third-order valence-electron chi connectivity index (χ3n) is 12.1. The summed E-state index contributed by atoms with van der Waals surface area (Å²) in [5, 5.41) is 10.8. The Morgan fingerprint density at radius 3 is 1.87 bits per heavy atom. The summed E-state index contributed by atoms with van der Waals surface area (Å²) < 4.78 is 46.7. The van der Waals surface area contributed by atoms with Crippen molar-refractivity contribution >= 4 is 46.1 Å². The largest absolute Gasteiger partial charge is 0.382 e. The SMILES string of the molecule is NC(=O)c1cccc2cn(-c3ccc([C@@H]4CCCN(CCOCCOCCOCCOCCOCCOCCOCCOCCNc5cccc6c5C(=O)N(C5CCC(=O)NC5=O)C6=O)C4)cc3)nc12. The number of benzene rings is 3. The number of fused-ring (bicyclic) bond motifs is 2. The van der Waals surface area contributed by atoms with E-state index in [-0.39, 0.29) is 24.0 Å². The first-order chi connectivity index (χ1) is 34.3. The lowest BCUT2D eigenvalue weighted by Crippen LogP contribution is -2.54. The van der Waals surface area contributed by atoms with Gasteiger partial charge in [-0.1, -0.05) is 30.3 Å². The van der Waals surface area contributed by atoms with Crippen molar-refractivity contribution < 1.29 is 61.9 Å². The summed E-state index contributed by atoms with van der Waals surface area (Å²) in [5.74, 6) is -2.20. The molecule has 4 N–H and O–H groups in total. The zero-order valence-corrected chi connectivity index (χ0v) is 39.6. The van der Waals surface area contributed by atoms with Gasteiger partial charge in [-0.25, -0.2) is 4.68 Å². The summed E-state index contributed by atoms with van der Waals surface area (Å²) in [6.45, 7) is 10.7. The topological polar surface area (TPSA) is 234 Å². The van der Waals surface area contributed by atoms with Crippen molar-refractivity contribution in [2.75, 3.05) is 137 Å². The zero-order chi connectivity index (χ0) is 48.9. The van der Waals surface area contributed by atoms with Gasteiger partial charge >= 0.3 is 0 Å². The van der Waals surface area contributed by atoms with Gasteiger partial charge in [0.25, 0.3) is 17.7 Å². The third-order valence-corrected chi connectivity index (χ3v) is 12.1. The van der Waals surface area contributed by atoms with Crippen molar-refractivity contribution in [2.24, 2.45) is 5.73 Å². The lowest BCUT2D eigenvalue weighted by atomic mass is 9.90. The van der Waals surface area contributed by atoms with Gasteiger partial charge in [-0.3, -0.25) is 34.2 Å². The smallest absolute Gasteiger partial charge is 0.264 e. The van der Waals surface area contributed by atoms with Crippen molar-refractivity contribution in [3.05, 3.63) is 89.1 Å². The predicted octanol–water partition coefficient (Wildman–Crippen LogP) is 2.95. The first kappa shape index (κ1) is 52.2. The van der Waals surface area contributed by atoms with Gasteiger partial charge in [-0.05, 0) is 67.6 Å². The number of primary amides is 1. The third kappa shape index (κ3) is 14.9. The van der Waals surface area contributed by atoms with Gasteiger partial charge in [0.15, 0.2) is 0 Å². The number of rotatable bonds is 32. The fourth-order valence-corrected chi connectivity index (χ4v) is 8.56. The number of hydrogen-bond acceptors (Lipinski definition) is 16. The molecule has 3 aliphatic heterocycles. The first-order valence-corrected chi connectivity index (χ1v) is 24.1. The van der Waals surface area contributed by atoms with Crippen molar-refractivity contribution in [1.82, 2.24) is 24.9 Å². The minimum atomic E-state index is -1.02. The van der Waals surface area contributed by atoms with E-state index in [4.69, 9.17) is 43.6 Å². The molecule has 4 heterocycles. The highest BCUT2D eigenvalue weighted by molar-refractivity contribution is 6.25. The number of aromatic nitrogens is 2. The maximum absolute atomic E-state index is 13.2. The van der Waals surface area contributed by atoms with Crippen LogP contribution in [0.15, 0.2) is 66.9 Å². The number of ether oxygens (including phenoxy) is 8. The van der Waals surface area contributed by atoms with Crippen LogP contribution in [0.2, 0.25) is 0 Å². The summed E-state index contributed by atoms with van der Waals surface area (Å²) in [7, 11) is 0. The second kappa shape index (κ2) is 27.6. The number of piperidine rings is 2. The normalized spacial score (nSPS) is 17.4. The highest BCUT2D eigenvalue weighted by atomic mass is 16.6. The predicted molar refractivity (Wildman–Crippen MR) is 256 cm³/mol. The fraction of sp³-hybridized carbons (Fsp3) is 0.520. The molecule has 1 aromatic heterocycles. The maximum Gasteiger partial charge on any atom is 0.264 e. The highest BCUT2D eigenvalue weighted by Crippen LogP contribution is 2.33. The Morgan fingerprint density at radius 1 is 0.686 bits per heavy atom. The number of anilines is 1. The number of carbonyl (C=O) groups is 5. The van der Waals surface area contributed by atoms with Crippen molar-refractivity contribution in [3.8, 4) is 5.69 Å². The number of likely N-dealkylation sites (tertiary alicyclic amines) is 1. The molecule has 0 spiro atoms. The Labute approximate surface area is 407 Å². The molecule has 0 aliphatic carbocycles. The molecular weight excluding hydrogens is 907 g/mol. The molecule has 0 bridgehead atoms. The van der Waals surface area contributed by atoms with Crippen LogP contribution in [0.3, 0.4) is 0 Å². The van der Waals surface area contributed by atoms with Crippen LogP contribution in [0.4, 0.5) is 5.69 Å². The van der Waals surface area contributed by atoms with E-state index in [9.17, 15) is 24.0 Å². The fourth-order valence-electron chi connectivity index (χ4n) is 8.56. The molecule has 5 amide bonds. The molecule has 378 valence electrons. The quantitative estimate of drug-likeness (QED) is 0.0472. The molecule has 4 aromatic rings. The van der Waals surface area contributed by atoms with Crippen molar-refractivity contribution in [2.45, 2.75) is 37.6 Å². The molecule has 20 nitrogen and oxygen atoms in total. The van der Waals surface area contributed by atoms with Crippen LogP contribution in [-0.2, 0) is 47.5 Å². The second-order valence-corrected chi connectivity index (χ2v) is 16.9. The average molecular weight is 972 g/mol. The molecule has 3 aromatic carbocycles. The summed E-state index contributed by atoms with van der Waals surface area (Å²) >= 11 is 0. The van der Waals surface area contributed by atoms with Gasteiger partial charge in [-0.15, -0.1) is 0 Å². The summed E-state index contributed by atoms with van der Waals surface area (Å²) in [6.07, 6.45) is 4.38. The molecule has 2 fully saturated rings. The Hall–Kier alpha value is -5.68. The second-order valence-electron chi connectivity index (χ2n) is 16.9. The Morgan fingerprint density at radius 2 is 1.27 bits per heavy atom. The maximum atomic E-state index is 13.2. The van der Waals surface area contributed by atoms with Gasteiger partial charge in [0.05, 0.1) is 128 Å². The number of nitrogens with one attached hydrogen (secondary N) is 2. The number of amides is 5. The minimum absolute atomic E-state index is 0.0624. The molecule has 2 atom stereocenters. The first-order valence-electron chi connectivity index (χ1n) is 24.1. The Kier molecular flexibility index (Phi) is 20.6. The van der Waals surface area contributed by atoms with Crippen LogP contribution in [0.25, 0.3) is 16.6 Å². The van der Waals surface area contributed by atoms with E-state index in [2.05, 4.69) is 44.9 Å². The van der Waals surface area contributed by atoms with Crippen LogP contribution in [-0.4, -0.2) is 187 Å². The summed E-state index contributed by atoms with van der Waals surface area (Å²) in [5.41, 5.74) is 9.72. The minimum Gasteiger partial charge on any atom is -0.382 e. The number of imide groups is 2. The molecule has 3 aliphatic rings. The van der Waals surface area contributed by atoms with Crippen molar-refractivity contribution in [1.29, 1.82) is 0 Å². The monoisotopic (exact) mass is 971 g/mol. The molecule has 2 saturated heterocycles. The van der Waals surface area contributed by atoms with Crippen LogP contribution >= 0.6 is 0 Å². The molecule has 70 heavy (non-hydrogen) atoms. The lowest BCUT2D eigenvalue weighted by molar-refractivity contribution is -0.136. The van der Waals surface area contributed by atoms with E-state index in [1.807, 2.05) is 18.3 Å². The molecular formula is C50H65N7O13. The average Bonchev–Trinajstić information content (AvgIpc) is 3.92. The van der Waals surface area contributed by atoms with Crippen LogP contribution in [0.1, 0.15) is 68.2 Å². The zero-order valence-electron chi connectivity index (χ0n) is 39.6. The lowest BCUT2D eigenvalue weighted by Gasteiger charge is -2.33. The Balaban J connectivity index is 0.599. The number of nitrogens with zero attached hydrogens (tertiary/aromatic N) is 4. The van der Waals surface area contributed by atoms with Gasteiger partial charge in [0, 0.05) is 43.3 Å². The molecule has 7 rings (SSSR count). The summed E-state index contributed by atoms with van der Waals surface area (Å²) in [6, 6.07) is 17.9. The molecule has 0 radical (unpaired) electrons. The summed E-state index contributed by atoms with van der Waals surface area (Å²) in [4.78, 5) is 65.3. The van der Waals surface area contributed by atoms with Gasteiger partial charge in [-0.2, -0.15) is 5.10 Å².